The van der Waals surface area contributed by atoms with Gasteiger partial charge in [-0.1, -0.05) is 56.4 Å². The number of rotatable bonds is 1. The normalized spacial score (nSPS) is 31.9. The van der Waals surface area contributed by atoms with Crippen LogP contribution in [0.2, 0.25) is 0 Å². The first-order chi connectivity index (χ1) is 7.77. The fourth-order valence-electron chi connectivity index (χ4n) is 2.37. The predicted octanol–water partition coefficient (Wildman–Crippen LogP) is 4.37. The Morgan fingerprint density at radius 1 is 1.00 bits per heavy atom. The van der Waals surface area contributed by atoms with Gasteiger partial charge in [-0.3, -0.25) is 0 Å². The summed E-state index contributed by atoms with van der Waals surface area (Å²) >= 11 is 0. The minimum atomic E-state index is -0.593. The quantitative estimate of drug-likeness (QED) is 0.653. The topological polar surface area (TPSA) is 20.2 Å². The SMILES string of the molecule is C/C=C\C1(O)C/C=C/CCCCCCCC1. The lowest BCUT2D eigenvalue weighted by Gasteiger charge is -2.23. The standard InChI is InChI=1S/C15H26O/c1-2-12-15(16)13-10-8-6-4-3-5-7-9-11-14-15/h2,8,10,12,16H,3-7,9,11,13-14H2,1H3/b10-8+,12-2-. The van der Waals surface area contributed by atoms with Crippen LogP contribution in [0.25, 0.3) is 0 Å². The van der Waals surface area contributed by atoms with E-state index >= 15 is 0 Å². The molecule has 1 unspecified atom stereocenters. The van der Waals surface area contributed by atoms with E-state index in [9.17, 15) is 5.11 Å². The smallest absolute Gasteiger partial charge is 0.0861 e. The Hall–Kier alpha value is -0.560. The third-order valence-electron chi connectivity index (χ3n) is 3.35. The molecule has 1 N–H and O–H groups in total. The lowest BCUT2D eigenvalue weighted by Crippen LogP contribution is -2.24. The van der Waals surface area contributed by atoms with E-state index < -0.39 is 5.60 Å². The van der Waals surface area contributed by atoms with Crippen molar-refractivity contribution in [1.29, 1.82) is 0 Å². The lowest BCUT2D eigenvalue weighted by atomic mass is 9.91. The summed E-state index contributed by atoms with van der Waals surface area (Å²) in [6.45, 7) is 1.98. The maximum absolute atomic E-state index is 10.4. The van der Waals surface area contributed by atoms with Crippen molar-refractivity contribution in [3.8, 4) is 0 Å². The summed E-state index contributed by atoms with van der Waals surface area (Å²) in [4.78, 5) is 0. The summed E-state index contributed by atoms with van der Waals surface area (Å²) in [5.74, 6) is 0. The number of hydrogen-bond acceptors (Lipinski definition) is 1. The Labute approximate surface area is 100 Å². The first kappa shape index (κ1) is 13.5. The van der Waals surface area contributed by atoms with E-state index in [4.69, 9.17) is 0 Å². The van der Waals surface area contributed by atoms with Crippen LogP contribution in [0.15, 0.2) is 24.3 Å². The van der Waals surface area contributed by atoms with Crippen molar-refractivity contribution >= 4 is 0 Å². The van der Waals surface area contributed by atoms with Crippen molar-refractivity contribution in [2.24, 2.45) is 0 Å². The van der Waals surface area contributed by atoms with Crippen molar-refractivity contribution in [3.63, 3.8) is 0 Å². The van der Waals surface area contributed by atoms with E-state index in [0.29, 0.717) is 0 Å². The molecule has 1 heteroatoms. The van der Waals surface area contributed by atoms with Gasteiger partial charge in [-0.25, -0.2) is 0 Å². The zero-order valence-electron chi connectivity index (χ0n) is 10.6. The molecule has 1 aliphatic carbocycles. The van der Waals surface area contributed by atoms with Crippen LogP contribution >= 0.6 is 0 Å². The fourth-order valence-corrected chi connectivity index (χ4v) is 2.37. The Morgan fingerprint density at radius 3 is 2.44 bits per heavy atom. The summed E-state index contributed by atoms with van der Waals surface area (Å²) in [5, 5.41) is 10.4. The molecule has 0 amide bonds. The number of allylic oxidation sites excluding steroid dienone is 2. The molecule has 92 valence electrons. The fraction of sp³-hybridized carbons (Fsp3) is 0.733. The molecule has 0 bridgehead atoms. The monoisotopic (exact) mass is 222 g/mol. The molecule has 0 fully saturated rings. The van der Waals surface area contributed by atoms with E-state index in [1.54, 1.807) is 0 Å². The highest BCUT2D eigenvalue weighted by Crippen LogP contribution is 2.23. The maximum Gasteiger partial charge on any atom is 0.0861 e. The first-order valence-corrected chi connectivity index (χ1v) is 6.78. The van der Waals surface area contributed by atoms with Gasteiger partial charge in [0.25, 0.3) is 0 Å². The lowest BCUT2D eigenvalue weighted by molar-refractivity contribution is 0.0812. The molecule has 0 aliphatic heterocycles. The van der Waals surface area contributed by atoms with Crippen molar-refractivity contribution in [2.45, 2.75) is 70.3 Å². The molecule has 16 heavy (non-hydrogen) atoms. The summed E-state index contributed by atoms with van der Waals surface area (Å²) < 4.78 is 0. The molecule has 0 radical (unpaired) electrons. The second-order valence-corrected chi connectivity index (χ2v) is 4.94. The molecular weight excluding hydrogens is 196 g/mol. The van der Waals surface area contributed by atoms with Crippen LogP contribution in [0.1, 0.15) is 64.7 Å². The van der Waals surface area contributed by atoms with Crippen LogP contribution < -0.4 is 0 Å². The minimum absolute atomic E-state index is 0.593. The van der Waals surface area contributed by atoms with Gasteiger partial charge >= 0.3 is 0 Å². The Morgan fingerprint density at radius 2 is 1.69 bits per heavy atom. The highest BCUT2D eigenvalue weighted by atomic mass is 16.3. The average Bonchev–Trinajstić information content (AvgIpc) is 2.24. The average molecular weight is 222 g/mol. The second-order valence-electron chi connectivity index (χ2n) is 4.94. The maximum atomic E-state index is 10.4. The van der Waals surface area contributed by atoms with Crippen LogP contribution in [0, 0.1) is 0 Å². The zero-order chi connectivity index (χ0) is 11.7. The molecule has 1 aliphatic rings. The predicted molar refractivity (Wildman–Crippen MR) is 70.5 cm³/mol. The molecule has 0 saturated heterocycles. The van der Waals surface area contributed by atoms with E-state index in [2.05, 4.69) is 12.2 Å². The molecule has 0 aromatic carbocycles. The highest BCUT2D eigenvalue weighted by molar-refractivity contribution is 5.04. The molecule has 0 saturated carbocycles. The van der Waals surface area contributed by atoms with Crippen molar-refractivity contribution in [1.82, 2.24) is 0 Å². The van der Waals surface area contributed by atoms with E-state index in [-0.39, 0.29) is 0 Å². The zero-order valence-corrected chi connectivity index (χ0v) is 10.6. The van der Waals surface area contributed by atoms with Crippen molar-refractivity contribution < 1.29 is 5.11 Å². The number of hydrogen-bond donors (Lipinski definition) is 1. The van der Waals surface area contributed by atoms with Crippen LogP contribution in [0.3, 0.4) is 0 Å². The molecule has 0 aromatic heterocycles. The van der Waals surface area contributed by atoms with Gasteiger partial charge in [0.15, 0.2) is 0 Å². The largest absolute Gasteiger partial charge is 0.385 e. The molecule has 0 aromatic rings. The molecule has 1 nitrogen and oxygen atoms in total. The van der Waals surface area contributed by atoms with Gasteiger partial charge in [0.1, 0.15) is 0 Å². The third-order valence-corrected chi connectivity index (χ3v) is 3.35. The summed E-state index contributed by atoms with van der Waals surface area (Å²) in [6, 6.07) is 0. The third kappa shape index (κ3) is 5.50. The molecule has 0 heterocycles. The summed E-state index contributed by atoms with van der Waals surface area (Å²) in [7, 11) is 0. The van der Waals surface area contributed by atoms with Gasteiger partial charge in [0, 0.05) is 0 Å². The van der Waals surface area contributed by atoms with Gasteiger partial charge in [0.2, 0.25) is 0 Å². The molecular formula is C15H26O. The van der Waals surface area contributed by atoms with Gasteiger partial charge in [0.05, 0.1) is 5.60 Å². The van der Waals surface area contributed by atoms with E-state index in [1.165, 1.54) is 38.5 Å². The van der Waals surface area contributed by atoms with Crippen molar-refractivity contribution in [2.75, 3.05) is 0 Å². The van der Waals surface area contributed by atoms with Gasteiger partial charge < -0.3 is 5.11 Å². The second kappa shape index (κ2) is 7.67. The van der Waals surface area contributed by atoms with Crippen LogP contribution in [-0.2, 0) is 0 Å². The van der Waals surface area contributed by atoms with E-state index in [1.807, 2.05) is 19.1 Å². The summed E-state index contributed by atoms with van der Waals surface area (Å²) in [5.41, 5.74) is -0.593. The minimum Gasteiger partial charge on any atom is -0.385 e. The van der Waals surface area contributed by atoms with Gasteiger partial charge in [-0.2, -0.15) is 0 Å². The molecule has 1 atom stereocenters. The van der Waals surface area contributed by atoms with Gasteiger partial charge in [-0.15, -0.1) is 0 Å². The van der Waals surface area contributed by atoms with Crippen LogP contribution in [0.5, 0.6) is 0 Å². The number of aliphatic hydroxyl groups is 1. The van der Waals surface area contributed by atoms with Crippen LogP contribution in [-0.4, -0.2) is 10.7 Å². The first-order valence-electron chi connectivity index (χ1n) is 6.78. The van der Waals surface area contributed by atoms with Crippen molar-refractivity contribution in [3.05, 3.63) is 24.3 Å². The highest BCUT2D eigenvalue weighted by Gasteiger charge is 2.20. The van der Waals surface area contributed by atoms with Gasteiger partial charge in [-0.05, 0) is 32.6 Å². The Bertz CT molecular complexity index is 230. The molecule has 0 spiro atoms. The Kier molecular flexibility index (Phi) is 6.47. The van der Waals surface area contributed by atoms with Crippen LogP contribution in [0.4, 0.5) is 0 Å². The molecule has 1 rings (SSSR count). The Balaban J connectivity index is 2.52. The van der Waals surface area contributed by atoms with E-state index in [0.717, 1.165) is 19.3 Å². The summed E-state index contributed by atoms with van der Waals surface area (Å²) in [6.07, 6.45) is 18.9.